The second-order valence-corrected chi connectivity index (χ2v) is 8.49. The van der Waals surface area contributed by atoms with E-state index in [2.05, 4.69) is 25.6 Å². The molecule has 0 spiro atoms. The molecule has 4 rings (SSSR count). The Morgan fingerprint density at radius 2 is 2.06 bits per heavy atom. The van der Waals surface area contributed by atoms with Crippen molar-refractivity contribution >= 4 is 23.0 Å². The molecule has 3 aromatic rings. The van der Waals surface area contributed by atoms with E-state index in [1.165, 1.54) is 12.7 Å². The molecule has 3 heterocycles. The number of rotatable bonds is 8. The van der Waals surface area contributed by atoms with Gasteiger partial charge in [-0.15, -0.1) is 0 Å². The third-order valence-corrected chi connectivity index (χ3v) is 5.80. The van der Waals surface area contributed by atoms with Gasteiger partial charge in [0, 0.05) is 26.2 Å². The normalized spacial score (nSPS) is 22.4. The van der Waals surface area contributed by atoms with E-state index in [0.717, 1.165) is 11.1 Å². The van der Waals surface area contributed by atoms with E-state index in [-0.39, 0.29) is 11.8 Å². The number of nitrogen functional groups attached to an aromatic ring is 1. The number of carbonyl (C=O) groups is 1. The molecule has 4 atom stereocenters. The number of benzene rings is 1. The number of nitrogens with two attached hydrogens (primary N) is 1. The van der Waals surface area contributed by atoms with E-state index >= 15 is 0 Å². The first-order chi connectivity index (χ1) is 16.3. The van der Waals surface area contributed by atoms with Crippen molar-refractivity contribution < 1.29 is 19.7 Å². The second-order valence-electron chi connectivity index (χ2n) is 8.49. The van der Waals surface area contributed by atoms with Crippen LogP contribution in [0.1, 0.15) is 17.4 Å². The topological polar surface area (TPSA) is 164 Å². The maximum Gasteiger partial charge on any atom is 0.315 e. The van der Waals surface area contributed by atoms with Gasteiger partial charge in [-0.05, 0) is 19.5 Å². The molecule has 1 unspecified atom stereocenters. The summed E-state index contributed by atoms with van der Waals surface area (Å²) in [4.78, 5) is 26.2. The number of hydrogen-bond donors (Lipinski definition) is 5. The fraction of sp³-hybridized carbons (Fsp3) is 0.455. The molecule has 0 bridgehead atoms. The molecule has 1 fully saturated rings. The van der Waals surface area contributed by atoms with Crippen LogP contribution in [0, 0.1) is 6.92 Å². The van der Waals surface area contributed by atoms with Crippen molar-refractivity contribution in [2.75, 3.05) is 32.4 Å². The van der Waals surface area contributed by atoms with Crippen LogP contribution in [0.3, 0.4) is 0 Å². The number of aliphatic hydroxyl groups excluding tert-OH is 2. The van der Waals surface area contributed by atoms with Gasteiger partial charge in [0.1, 0.15) is 30.2 Å². The molecule has 1 aliphatic heterocycles. The Morgan fingerprint density at radius 3 is 2.85 bits per heavy atom. The highest BCUT2D eigenvalue weighted by atomic mass is 16.6. The Morgan fingerprint density at radius 1 is 1.24 bits per heavy atom. The third kappa shape index (κ3) is 5.25. The lowest BCUT2D eigenvalue weighted by Gasteiger charge is -2.23. The fourth-order valence-electron chi connectivity index (χ4n) is 3.99. The molecule has 6 N–H and O–H groups in total. The number of aryl methyl sites for hydroxylation is 1. The number of anilines is 1. The number of imidazole rings is 1. The van der Waals surface area contributed by atoms with Gasteiger partial charge in [-0.2, -0.15) is 0 Å². The highest BCUT2D eigenvalue weighted by Gasteiger charge is 2.44. The van der Waals surface area contributed by atoms with Crippen molar-refractivity contribution in [1.82, 2.24) is 35.1 Å². The third-order valence-electron chi connectivity index (χ3n) is 5.80. The van der Waals surface area contributed by atoms with Gasteiger partial charge in [0.05, 0.1) is 6.33 Å². The molecule has 12 heteroatoms. The number of aliphatic hydroxyl groups is 2. The van der Waals surface area contributed by atoms with Crippen molar-refractivity contribution in [3.63, 3.8) is 0 Å². The van der Waals surface area contributed by atoms with E-state index in [9.17, 15) is 15.0 Å². The minimum absolute atomic E-state index is 0.225. The number of nitrogens with zero attached hydrogens (tertiary/aromatic N) is 5. The highest BCUT2D eigenvalue weighted by Crippen LogP contribution is 2.32. The van der Waals surface area contributed by atoms with Gasteiger partial charge in [0.25, 0.3) is 0 Å². The standard InChI is InChI=1S/C22H30N8O4/c1-13-4-3-5-14(8-13)9-25-22(33)24-6-7-29(2)10-15-17(31)18(32)21(34-15)30-12-28-16-19(23)26-11-27-20(16)30/h3-5,8,11-12,15,17-18,21,31-32H,6-7,9-10H2,1-2H3,(H2,23,26,27)(H2,24,25,33)/t15?,17-,18-,21-/m1/s1. The number of amides is 2. The fourth-order valence-corrected chi connectivity index (χ4v) is 3.99. The summed E-state index contributed by atoms with van der Waals surface area (Å²) >= 11 is 0. The van der Waals surface area contributed by atoms with E-state index in [1.807, 2.05) is 43.1 Å². The predicted molar refractivity (Wildman–Crippen MR) is 125 cm³/mol. The largest absolute Gasteiger partial charge is 0.387 e. The minimum Gasteiger partial charge on any atom is -0.387 e. The summed E-state index contributed by atoms with van der Waals surface area (Å²) in [5.41, 5.74) is 8.82. The molecule has 12 nitrogen and oxygen atoms in total. The lowest BCUT2D eigenvalue weighted by atomic mass is 10.1. The van der Waals surface area contributed by atoms with Crippen molar-refractivity contribution in [2.24, 2.45) is 0 Å². The molecule has 34 heavy (non-hydrogen) atoms. The molecule has 1 aromatic carbocycles. The molecule has 0 radical (unpaired) electrons. The van der Waals surface area contributed by atoms with Crippen LogP contribution in [-0.2, 0) is 11.3 Å². The van der Waals surface area contributed by atoms with Crippen molar-refractivity contribution in [3.8, 4) is 0 Å². The van der Waals surface area contributed by atoms with Crippen molar-refractivity contribution in [3.05, 3.63) is 48.0 Å². The van der Waals surface area contributed by atoms with Gasteiger partial charge in [-0.3, -0.25) is 4.57 Å². The van der Waals surface area contributed by atoms with Crippen LogP contribution in [-0.4, -0.2) is 85.7 Å². The van der Waals surface area contributed by atoms with Crippen LogP contribution in [0.2, 0.25) is 0 Å². The molecule has 2 aromatic heterocycles. The molecule has 2 amide bonds. The van der Waals surface area contributed by atoms with E-state index in [0.29, 0.717) is 37.3 Å². The van der Waals surface area contributed by atoms with Gasteiger partial charge < -0.3 is 36.2 Å². The number of likely N-dealkylation sites (N-methyl/N-ethyl adjacent to an activating group) is 1. The Hall–Kier alpha value is -3.32. The predicted octanol–water partition coefficient (Wildman–Crippen LogP) is -0.233. The monoisotopic (exact) mass is 470 g/mol. The smallest absolute Gasteiger partial charge is 0.315 e. The first-order valence-corrected chi connectivity index (χ1v) is 11.0. The maximum atomic E-state index is 12.1. The molecular formula is C22H30N8O4. The molecule has 1 saturated heterocycles. The number of urea groups is 1. The minimum atomic E-state index is -1.17. The van der Waals surface area contributed by atoms with Gasteiger partial charge in [0.2, 0.25) is 0 Å². The molecule has 182 valence electrons. The first-order valence-electron chi connectivity index (χ1n) is 11.0. The van der Waals surface area contributed by atoms with Crippen LogP contribution >= 0.6 is 0 Å². The Balaban J connectivity index is 1.25. The van der Waals surface area contributed by atoms with E-state index in [1.54, 1.807) is 4.57 Å². The zero-order valence-corrected chi connectivity index (χ0v) is 19.1. The molecule has 0 aliphatic carbocycles. The summed E-state index contributed by atoms with van der Waals surface area (Å²) in [6.07, 6.45) is -1.01. The second kappa shape index (κ2) is 10.3. The van der Waals surface area contributed by atoms with Crippen LogP contribution in [0.15, 0.2) is 36.9 Å². The summed E-state index contributed by atoms with van der Waals surface area (Å²) in [6, 6.07) is 7.70. The zero-order valence-electron chi connectivity index (χ0n) is 19.1. The van der Waals surface area contributed by atoms with E-state index < -0.39 is 24.5 Å². The van der Waals surface area contributed by atoms with Crippen LogP contribution in [0.5, 0.6) is 0 Å². The van der Waals surface area contributed by atoms with Crippen molar-refractivity contribution in [1.29, 1.82) is 0 Å². The number of fused-ring (bicyclic) bond motifs is 1. The van der Waals surface area contributed by atoms with E-state index in [4.69, 9.17) is 10.5 Å². The number of aromatic nitrogens is 4. The van der Waals surface area contributed by atoms with Crippen molar-refractivity contribution in [2.45, 2.75) is 38.0 Å². The lowest BCUT2D eigenvalue weighted by Crippen LogP contribution is -2.43. The lowest BCUT2D eigenvalue weighted by molar-refractivity contribution is -0.0420. The Bertz CT molecular complexity index is 1140. The maximum absolute atomic E-state index is 12.1. The summed E-state index contributed by atoms with van der Waals surface area (Å²) in [6.45, 7) is 3.75. The average Bonchev–Trinajstić information content (AvgIpc) is 3.35. The number of ether oxygens (including phenoxy) is 1. The van der Waals surface area contributed by atoms with Crippen LogP contribution in [0.25, 0.3) is 11.2 Å². The highest BCUT2D eigenvalue weighted by molar-refractivity contribution is 5.81. The number of carbonyl (C=O) groups excluding carboxylic acids is 1. The van der Waals surface area contributed by atoms with Gasteiger partial charge in [0.15, 0.2) is 17.7 Å². The quantitative estimate of drug-likeness (QED) is 0.299. The van der Waals surface area contributed by atoms with Crippen LogP contribution < -0.4 is 16.4 Å². The summed E-state index contributed by atoms with van der Waals surface area (Å²) in [5, 5.41) is 26.8. The van der Waals surface area contributed by atoms with Gasteiger partial charge >= 0.3 is 6.03 Å². The average molecular weight is 471 g/mol. The molecular weight excluding hydrogens is 440 g/mol. The molecule has 0 saturated carbocycles. The Kier molecular flexibility index (Phi) is 7.22. The number of hydrogen-bond acceptors (Lipinski definition) is 9. The number of nitrogens with one attached hydrogen (secondary N) is 2. The summed E-state index contributed by atoms with van der Waals surface area (Å²) < 4.78 is 7.50. The van der Waals surface area contributed by atoms with Crippen LogP contribution in [0.4, 0.5) is 10.6 Å². The Labute approximate surface area is 196 Å². The van der Waals surface area contributed by atoms with Gasteiger partial charge in [-0.1, -0.05) is 29.8 Å². The zero-order chi connectivity index (χ0) is 24.2. The molecule has 1 aliphatic rings. The van der Waals surface area contributed by atoms with Gasteiger partial charge in [-0.25, -0.2) is 19.7 Å². The summed E-state index contributed by atoms with van der Waals surface area (Å²) in [7, 11) is 1.85. The SMILES string of the molecule is Cc1cccc(CNC(=O)NCCN(C)CC2O[C@@H](n3cnc4c(N)ncnc43)[C@H](O)[C@@H]2O)c1. The summed E-state index contributed by atoms with van der Waals surface area (Å²) in [5.74, 6) is 0.225. The first kappa shape index (κ1) is 23.8.